The van der Waals surface area contributed by atoms with Crippen molar-refractivity contribution in [3.63, 3.8) is 0 Å². The molecule has 3 rings (SSSR count). The molecule has 0 saturated carbocycles. The average molecular weight is 438 g/mol. The zero-order valence-electron chi connectivity index (χ0n) is 17.4. The molecule has 160 valence electrons. The molecule has 0 unspecified atom stereocenters. The van der Waals surface area contributed by atoms with Gasteiger partial charge in [-0.05, 0) is 43.3 Å². The summed E-state index contributed by atoms with van der Waals surface area (Å²) in [7, 11) is 1.61. The van der Waals surface area contributed by atoms with E-state index >= 15 is 0 Å². The first-order valence-corrected chi connectivity index (χ1v) is 10.7. The summed E-state index contributed by atoms with van der Waals surface area (Å²) in [5.41, 5.74) is 1.68. The van der Waals surface area contributed by atoms with Gasteiger partial charge in [0.15, 0.2) is 11.0 Å². The van der Waals surface area contributed by atoms with E-state index in [9.17, 15) is 4.79 Å². The molecule has 1 N–H and O–H groups in total. The first-order chi connectivity index (χ1) is 15.2. The molecule has 0 saturated heterocycles. The van der Waals surface area contributed by atoms with E-state index in [2.05, 4.69) is 15.5 Å². The number of hydrogen-bond acceptors (Lipinski definition) is 7. The van der Waals surface area contributed by atoms with Crippen LogP contribution in [0.25, 0.3) is 17.1 Å². The fourth-order valence-electron chi connectivity index (χ4n) is 2.84. The number of thioether (sulfide) groups is 1. The van der Waals surface area contributed by atoms with Crippen molar-refractivity contribution in [3.05, 3.63) is 48.5 Å². The van der Waals surface area contributed by atoms with Crippen molar-refractivity contribution >= 4 is 17.7 Å². The number of amides is 1. The van der Waals surface area contributed by atoms with Crippen molar-refractivity contribution in [3.8, 4) is 34.6 Å². The van der Waals surface area contributed by atoms with Crippen molar-refractivity contribution in [1.29, 1.82) is 5.26 Å². The van der Waals surface area contributed by atoms with Crippen LogP contribution in [0.4, 0.5) is 0 Å². The Morgan fingerprint density at radius 1 is 1.19 bits per heavy atom. The lowest BCUT2D eigenvalue weighted by atomic mass is 10.2. The van der Waals surface area contributed by atoms with E-state index in [4.69, 9.17) is 14.7 Å². The molecule has 1 heterocycles. The number of nitriles is 1. The van der Waals surface area contributed by atoms with Crippen LogP contribution >= 0.6 is 11.8 Å². The summed E-state index contributed by atoms with van der Waals surface area (Å²) in [6, 6.07) is 17.2. The second-order valence-corrected chi connectivity index (χ2v) is 7.29. The summed E-state index contributed by atoms with van der Waals surface area (Å²) >= 11 is 1.28. The van der Waals surface area contributed by atoms with Crippen LogP contribution in [0.5, 0.6) is 11.5 Å². The van der Waals surface area contributed by atoms with Gasteiger partial charge in [0.25, 0.3) is 0 Å². The molecule has 8 nitrogen and oxygen atoms in total. The molecule has 0 aliphatic rings. The number of carbonyl (C=O) groups is 1. The largest absolute Gasteiger partial charge is 0.497 e. The van der Waals surface area contributed by atoms with E-state index in [1.807, 2.05) is 66.1 Å². The van der Waals surface area contributed by atoms with Gasteiger partial charge in [-0.3, -0.25) is 9.36 Å². The topological polar surface area (TPSA) is 102 Å². The Bertz CT molecular complexity index is 1060. The number of benzene rings is 2. The van der Waals surface area contributed by atoms with Gasteiger partial charge in [0.05, 0.1) is 32.0 Å². The number of hydrogen-bond donors (Lipinski definition) is 1. The summed E-state index contributed by atoms with van der Waals surface area (Å²) in [5, 5.41) is 20.6. The van der Waals surface area contributed by atoms with Crippen LogP contribution in [-0.4, -0.2) is 46.7 Å². The summed E-state index contributed by atoms with van der Waals surface area (Å²) in [4.78, 5) is 12.1. The smallest absolute Gasteiger partial charge is 0.230 e. The Hall–Kier alpha value is -3.51. The van der Waals surface area contributed by atoms with E-state index in [1.54, 1.807) is 7.11 Å². The van der Waals surface area contributed by atoms with Gasteiger partial charge in [-0.25, -0.2) is 0 Å². The molecule has 0 bridgehead atoms. The van der Waals surface area contributed by atoms with Gasteiger partial charge in [-0.15, -0.1) is 10.2 Å². The minimum absolute atomic E-state index is 0.163. The normalized spacial score (nSPS) is 10.4. The quantitative estimate of drug-likeness (QED) is 0.383. The number of nitrogens with one attached hydrogen (secondary N) is 1. The lowest BCUT2D eigenvalue weighted by molar-refractivity contribution is -0.118. The van der Waals surface area contributed by atoms with Crippen LogP contribution in [0.3, 0.4) is 0 Å². The highest BCUT2D eigenvalue weighted by atomic mass is 32.2. The van der Waals surface area contributed by atoms with Gasteiger partial charge in [0, 0.05) is 17.8 Å². The van der Waals surface area contributed by atoms with Crippen molar-refractivity contribution in [1.82, 2.24) is 20.1 Å². The Kier molecular flexibility index (Phi) is 7.90. The number of carbonyl (C=O) groups excluding carboxylic acids is 1. The fourth-order valence-corrected chi connectivity index (χ4v) is 3.62. The Labute approximate surface area is 185 Å². The lowest BCUT2D eigenvalue weighted by Gasteiger charge is -2.12. The highest BCUT2D eigenvalue weighted by Crippen LogP contribution is 2.30. The number of rotatable bonds is 10. The number of aromatic nitrogens is 3. The second kappa shape index (κ2) is 11.0. The van der Waals surface area contributed by atoms with Crippen LogP contribution in [-0.2, 0) is 4.79 Å². The van der Waals surface area contributed by atoms with Crippen molar-refractivity contribution in [2.75, 3.05) is 26.0 Å². The lowest BCUT2D eigenvalue weighted by Crippen LogP contribution is -2.26. The molecule has 0 fully saturated rings. The van der Waals surface area contributed by atoms with Gasteiger partial charge in [-0.2, -0.15) is 5.26 Å². The van der Waals surface area contributed by atoms with E-state index in [-0.39, 0.29) is 18.1 Å². The fraction of sp³-hybridized carbons (Fsp3) is 0.273. The number of methoxy groups -OCH3 is 1. The molecule has 0 atom stereocenters. The SMILES string of the molecule is CCOc1ccc(-n2c(SCC(=O)NCCC#N)nnc2-c2cccc(OC)c2)cc1. The molecule has 0 radical (unpaired) electrons. The molecular formula is C22H23N5O3S. The average Bonchev–Trinajstić information content (AvgIpc) is 3.22. The minimum Gasteiger partial charge on any atom is -0.497 e. The minimum atomic E-state index is -0.163. The van der Waals surface area contributed by atoms with Crippen molar-refractivity contribution in [2.24, 2.45) is 0 Å². The summed E-state index contributed by atoms with van der Waals surface area (Å²) in [6.45, 7) is 2.85. The third-order valence-electron chi connectivity index (χ3n) is 4.26. The first kappa shape index (κ1) is 22.2. The molecule has 3 aromatic rings. The van der Waals surface area contributed by atoms with E-state index < -0.39 is 0 Å². The maximum atomic E-state index is 12.1. The molecule has 9 heteroatoms. The molecular weight excluding hydrogens is 414 g/mol. The van der Waals surface area contributed by atoms with E-state index in [0.717, 1.165) is 17.0 Å². The summed E-state index contributed by atoms with van der Waals surface area (Å²) in [6.07, 6.45) is 0.277. The molecule has 0 aliphatic heterocycles. The Balaban J connectivity index is 1.92. The highest BCUT2D eigenvalue weighted by Gasteiger charge is 2.18. The highest BCUT2D eigenvalue weighted by molar-refractivity contribution is 7.99. The van der Waals surface area contributed by atoms with Gasteiger partial charge in [-0.1, -0.05) is 23.9 Å². The molecule has 2 aromatic carbocycles. The van der Waals surface area contributed by atoms with Crippen LogP contribution in [0.1, 0.15) is 13.3 Å². The summed E-state index contributed by atoms with van der Waals surface area (Å²) < 4.78 is 12.8. The molecule has 0 aliphatic carbocycles. The molecule has 1 amide bonds. The van der Waals surface area contributed by atoms with Crippen LogP contribution < -0.4 is 14.8 Å². The van der Waals surface area contributed by atoms with E-state index in [1.165, 1.54) is 11.8 Å². The van der Waals surface area contributed by atoms with Crippen molar-refractivity contribution in [2.45, 2.75) is 18.5 Å². The monoisotopic (exact) mass is 437 g/mol. The third kappa shape index (κ3) is 5.77. The molecule has 0 spiro atoms. The predicted octanol–water partition coefficient (Wildman–Crippen LogP) is 3.46. The Morgan fingerprint density at radius 2 is 2.00 bits per heavy atom. The van der Waals surface area contributed by atoms with Gasteiger partial charge in [0.1, 0.15) is 11.5 Å². The number of ether oxygens (including phenoxy) is 2. The molecule has 31 heavy (non-hydrogen) atoms. The zero-order valence-corrected chi connectivity index (χ0v) is 18.2. The second-order valence-electron chi connectivity index (χ2n) is 6.35. The Morgan fingerprint density at radius 3 is 2.71 bits per heavy atom. The van der Waals surface area contributed by atoms with Crippen LogP contribution in [0, 0.1) is 11.3 Å². The zero-order chi connectivity index (χ0) is 22.1. The van der Waals surface area contributed by atoms with E-state index in [0.29, 0.717) is 29.9 Å². The van der Waals surface area contributed by atoms with Crippen LogP contribution in [0.2, 0.25) is 0 Å². The third-order valence-corrected chi connectivity index (χ3v) is 5.19. The van der Waals surface area contributed by atoms with Crippen molar-refractivity contribution < 1.29 is 14.3 Å². The standard InChI is InChI=1S/C22H23N5O3S/c1-3-30-18-10-8-17(9-11-18)27-21(16-6-4-7-19(14-16)29-2)25-26-22(27)31-15-20(28)24-13-5-12-23/h4,6-11,14H,3,5,13,15H2,1-2H3,(H,24,28). The predicted molar refractivity (Wildman–Crippen MR) is 118 cm³/mol. The maximum absolute atomic E-state index is 12.1. The van der Waals surface area contributed by atoms with Gasteiger partial charge >= 0.3 is 0 Å². The molecule has 1 aromatic heterocycles. The van der Waals surface area contributed by atoms with Gasteiger partial charge in [0.2, 0.25) is 5.91 Å². The first-order valence-electron chi connectivity index (χ1n) is 9.75. The number of nitrogens with zero attached hydrogens (tertiary/aromatic N) is 4. The van der Waals surface area contributed by atoms with Crippen LogP contribution in [0.15, 0.2) is 53.7 Å². The maximum Gasteiger partial charge on any atom is 0.230 e. The summed E-state index contributed by atoms with van der Waals surface area (Å²) in [5.74, 6) is 2.12. The van der Waals surface area contributed by atoms with Gasteiger partial charge < -0.3 is 14.8 Å².